The quantitative estimate of drug-likeness (QED) is 0.216. The molecule has 0 radical (unpaired) electrons. The van der Waals surface area contributed by atoms with E-state index < -0.39 is 23.9 Å². The summed E-state index contributed by atoms with van der Waals surface area (Å²) < 4.78 is 1.93. The number of aromatic amines is 1. The van der Waals surface area contributed by atoms with Crippen LogP contribution in [0, 0.1) is 0 Å². The molecule has 0 saturated carbocycles. The third kappa shape index (κ3) is 10.6. The summed E-state index contributed by atoms with van der Waals surface area (Å²) in [7, 11) is 0. The topological polar surface area (TPSA) is 195 Å². The van der Waals surface area contributed by atoms with Gasteiger partial charge in [-0.2, -0.15) is 0 Å². The SMILES string of the molecule is O=C([O-])C(=O)O.O=C([O-])C(=O)O.O=c1c2ccccc2c(Cc2ccc(Cl)cc2)[nH+]n1C1CCC[NH+](C(c2ccccc2)c2ccccc2)CC1. The molecule has 51 heavy (non-hydrogen) atoms. The Morgan fingerprint density at radius 3 is 1.75 bits per heavy atom. The van der Waals surface area contributed by atoms with E-state index in [2.05, 4.69) is 77.9 Å². The van der Waals surface area contributed by atoms with Gasteiger partial charge in [-0.3, -0.25) is 4.79 Å². The van der Waals surface area contributed by atoms with Crippen molar-refractivity contribution in [2.24, 2.45) is 0 Å². The number of carboxylic acids is 4. The van der Waals surface area contributed by atoms with Gasteiger partial charge in [0.15, 0.2) is 11.9 Å². The van der Waals surface area contributed by atoms with Crippen molar-refractivity contribution >= 4 is 46.3 Å². The van der Waals surface area contributed by atoms with Crippen molar-refractivity contribution in [3.8, 4) is 0 Å². The minimum absolute atomic E-state index is 0.0709. The number of hydrogen-bond donors (Lipinski definition) is 3. The number of quaternary nitrogens is 1. The van der Waals surface area contributed by atoms with Crippen molar-refractivity contribution in [3.63, 3.8) is 0 Å². The lowest BCUT2D eigenvalue weighted by Crippen LogP contribution is -3.12. The molecule has 2 atom stereocenters. The predicted octanol–water partition coefficient (Wildman–Crippen LogP) is 1.10. The van der Waals surface area contributed by atoms with E-state index in [1.165, 1.54) is 11.1 Å². The van der Waals surface area contributed by atoms with Crippen LogP contribution >= 0.6 is 11.6 Å². The second kappa shape index (κ2) is 18.2. The van der Waals surface area contributed by atoms with Gasteiger partial charge in [0.2, 0.25) is 5.69 Å². The Balaban J connectivity index is 0.000000420. The normalized spacial score (nSPS) is 15.3. The number of fused-ring (bicyclic) bond motifs is 1. The van der Waals surface area contributed by atoms with Gasteiger partial charge in [0.05, 0.1) is 36.3 Å². The minimum Gasteiger partial charge on any atom is -0.539 e. The fourth-order valence-corrected chi connectivity index (χ4v) is 6.33. The van der Waals surface area contributed by atoms with Crippen LogP contribution in [0.4, 0.5) is 0 Å². The van der Waals surface area contributed by atoms with Crippen molar-refractivity contribution in [1.29, 1.82) is 0 Å². The molecule has 1 aromatic heterocycles. The summed E-state index contributed by atoms with van der Waals surface area (Å²) in [6, 6.07) is 38.1. The predicted molar refractivity (Wildman–Crippen MR) is 183 cm³/mol. The first-order chi connectivity index (χ1) is 24.5. The fraction of sp³-hybridized carbons (Fsp3) is 0.211. The molecule has 1 aliphatic heterocycles. The standard InChI is InChI=1S/C34H32ClN3O.2C2H2O4/c35-28-19-17-25(18-20-28)24-32-30-15-7-8-16-31(30)34(39)38(36-32)29-14-9-22-37(23-21-29)33(26-10-3-1-4-11-26)27-12-5-2-6-13-27;2*3-1(4)2(5)6/h1-8,10-13,15-20,29,33H,9,14,21-24H2;2*(H,3,4)(H,5,6). The molecule has 5 aromatic rings. The van der Waals surface area contributed by atoms with Gasteiger partial charge in [-0.25, -0.2) is 9.59 Å². The monoisotopic (exact) mass is 713 g/mol. The molecule has 1 aliphatic rings. The Hall–Kier alpha value is -5.85. The average molecular weight is 714 g/mol. The zero-order valence-electron chi connectivity index (χ0n) is 27.4. The van der Waals surface area contributed by atoms with Crippen LogP contribution in [0.15, 0.2) is 114 Å². The zero-order chi connectivity index (χ0) is 36.9. The maximum atomic E-state index is 13.8. The molecule has 13 heteroatoms. The second-order valence-electron chi connectivity index (χ2n) is 11.8. The zero-order valence-corrected chi connectivity index (χ0v) is 28.1. The Bertz CT molecular complexity index is 1930. The lowest BCUT2D eigenvalue weighted by Gasteiger charge is -2.28. The van der Waals surface area contributed by atoms with Crippen molar-refractivity contribution in [2.75, 3.05) is 13.1 Å². The van der Waals surface area contributed by atoms with E-state index in [9.17, 15) is 4.79 Å². The van der Waals surface area contributed by atoms with Gasteiger partial charge in [-0.05, 0) is 42.7 Å². The molecule has 0 bridgehead atoms. The number of halogens is 1. The number of H-pyrrole nitrogens is 1. The fourth-order valence-electron chi connectivity index (χ4n) is 6.20. The molecular weight excluding hydrogens is 678 g/mol. The second-order valence-corrected chi connectivity index (χ2v) is 12.2. The van der Waals surface area contributed by atoms with Gasteiger partial charge >= 0.3 is 17.5 Å². The van der Waals surface area contributed by atoms with Crippen LogP contribution in [0.3, 0.4) is 0 Å². The first kappa shape index (κ1) is 38.0. The summed E-state index contributed by atoms with van der Waals surface area (Å²) in [5, 5.41) is 38.7. The molecule has 6 rings (SSSR count). The molecule has 0 aliphatic carbocycles. The molecule has 0 spiro atoms. The average Bonchev–Trinajstić information content (AvgIpc) is 3.38. The van der Waals surface area contributed by atoms with Crippen molar-refractivity contribution < 1.29 is 49.6 Å². The highest BCUT2D eigenvalue weighted by Crippen LogP contribution is 2.23. The Morgan fingerprint density at radius 2 is 1.24 bits per heavy atom. The Labute approximate surface area is 297 Å². The van der Waals surface area contributed by atoms with E-state index in [1.807, 2.05) is 41.1 Å². The number of benzene rings is 4. The molecular formula is C38H36ClN3O9. The maximum absolute atomic E-state index is 13.8. The highest BCUT2D eigenvalue weighted by Gasteiger charge is 2.32. The van der Waals surface area contributed by atoms with E-state index in [1.54, 1.807) is 4.90 Å². The number of hydrogen-bond acceptors (Lipinski definition) is 7. The molecule has 2 unspecified atom stereocenters. The lowest BCUT2D eigenvalue weighted by molar-refractivity contribution is -0.925. The van der Waals surface area contributed by atoms with E-state index in [-0.39, 0.29) is 17.6 Å². The van der Waals surface area contributed by atoms with Crippen molar-refractivity contribution in [2.45, 2.75) is 37.8 Å². The van der Waals surface area contributed by atoms with Gasteiger partial charge in [0, 0.05) is 22.6 Å². The van der Waals surface area contributed by atoms with Crippen LogP contribution in [0.1, 0.15) is 53.7 Å². The first-order valence-corrected chi connectivity index (χ1v) is 16.5. The number of aliphatic carboxylic acids is 4. The van der Waals surface area contributed by atoms with Crippen LogP contribution in [0.2, 0.25) is 5.02 Å². The maximum Gasteiger partial charge on any atom is 0.351 e. The molecule has 12 nitrogen and oxygen atoms in total. The molecule has 264 valence electrons. The summed E-state index contributed by atoms with van der Waals surface area (Å²) >= 11 is 6.13. The molecule has 4 N–H and O–H groups in total. The Morgan fingerprint density at radius 1 is 0.745 bits per heavy atom. The number of carbonyl (C=O) groups is 4. The Kier molecular flexibility index (Phi) is 13.6. The smallest absolute Gasteiger partial charge is 0.351 e. The number of nitrogens with zero attached hydrogens (tertiary/aromatic N) is 1. The third-order valence-corrected chi connectivity index (χ3v) is 8.73. The lowest BCUT2D eigenvalue weighted by atomic mass is 9.97. The van der Waals surface area contributed by atoms with Gasteiger partial charge in [0.1, 0.15) is 6.04 Å². The third-order valence-electron chi connectivity index (χ3n) is 8.47. The molecule has 2 heterocycles. The molecule has 4 aromatic carbocycles. The summed E-state index contributed by atoms with van der Waals surface area (Å²) in [5.41, 5.74) is 4.98. The summed E-state index contributed by atoms with van der Waals surface area (Å²) in [4.78, 5) is 51.4. The van der Waals surface area contributed by atoms with Gasteiger partial charge in [-0.1, -0.05) is 96.5 Å². The minimum atomic E-state index is -2.07. The molecule has 1 saturated heterocycles. The number of nitrogens with one attached hydrogen (secondary N) is 2. The first-order valence-electron chi connectivity index (χ1n) is 16.1. The highest BCUT2D eigenvalue weighted by atomic mass is 35.5. The highest BCUT2D eigenvalue weighted by molar-refractivity contribution is 6.30. The number of carboxylic acid groups (broad SMARTS) is 4. The molecule has 0 amide bonds. The number of aromatic nitrogens is 2. The number of carbonyl (C=O) groups excluding carboxylic acids is 2. The van der Waals surface area contributed by atoms with Crippen LogP contribution in [-0.4, -0.2) is 51.9 Å². The summed E-state index contributed by atoms with van der Waals surface area (Å²) in [6.45, 7) is 2.07. The van der Waals surface area contributed by atoms with Crippen molar-refractivity contribution in [1.82, 2.24) is 4.68 Å². The summed E-state index contributed by atoms with van der Waals surface area (Å²) in [5.74, 6) is -8.02. The largest absolute Gasteiger partial charge is 0.539 e. The molecule has 1 fully saturated rings. The van der Waals surface area contributed by atoms with Gasteiger partial charge in [0.25, 0.3) is 0 Å². The van der Waals surface area contributed by atoms with Crippen LogP contribution < -0.4 is 25.8 Å². The van der Waals surface area contributed by atoms with Crippen LogP contribution in [-0.2, 0) is 25.6 Å². The van der Waals surface area contributed by atoms with E-state index >= 15 is 0 Å². The van der Waals surface area contributed by atoms with Crippen LogP contribution in [0.25, 0.3) is 10.8 Å². The van der Waals surface area contributed by atoms with Gasteiger partial charge in [-0.15, -0.1) is 9.78 Å². The summed E-state index contributed by atoms with van der Waals surface area (Å²) in [6.07, 6.45) is 3.71. The van der Waals surface area contributed by atoms with E-state index in [0.717, 1.165) is 59.4 Å². The van der Waals surface area contributed by atoms with E-state index in [0.29, 0.717) is 6.42 Å². The number of rotatable bonds is 6. The van der Waals surface area contributed by atoms with Crippen LogP contribution in [0.5, 0.6) is 0 Å². The van der Waals surface area contributed by atoms with E-state index in [4.69, 9.17) is 51.2 Å². The number of likely N-dealkylation sites (tertiary alicyclic amines) is 1. The van der Waals surface area contributed by atoms with Gasteiger partial charge < -0.3 is 34.9 Å². The van der Waals surface area contributed by atoms with Crippen molar-refractivity contribution in [3.05, 3.63) is 147 Å².